The standard InChI is InChI=1S/C13H12ClNO2/c1-17-12-5-4-9(6-11(12)14)10(7-15)13(16)8-2-3-8/h4-6,8,10H,2-3H2,1H3. The SMILES string of the molecule is COc1ccc(C(C#N)C(=O)C2CC2)cc1Cl. The quantitative estimate of drug-likeness (QED) is 0.824. The average molecular weight is 250 g/mol. The Morgan fingerprint density at radius 1 is 1.59 bits per heavy atom. The Morgan fingerprint density at radius 3 is 2.76 bits per heavy atom. The number of benzene rings is 1. The smallest absolute Gasteiger partial charge is 0.157 e. The van der Waals surface area contributed by atoms with Crippen LogP contribution >= 0.6 is 11.6 Å². The Balaban J connectivity index is 2.28. The van der Waals surface area contributed by atoms with Gasteiger partial charge in [-0.25, -0.2) is 0 Å². The second-order valence-electron chi connectivity index (χ2n) is 4.13. The number of halogens is 1. The molecule has 4 heteroatoms. The zero-order valence-electron chi connectivity index (χ0n) is 9.44. The van der Waals surface area contributed by atoms with Gasteiger partial charge in [-0.1, -0.05) is 17.7 Å². The molecule has 1 aromatic rings. The summed E-state index contributed by atoms with van der Waals surface area (Å²) in [6.45, 7) is 0. The van der Waals surface area contributed by atoms with Gasteiger partial charge in [-0.15, -0.1) is 0 Å². The lowest BCUT2D eigenvalue weighted by Crippen LogP contribution is -2.12. The van der Waals surface area contributed by atoms with E-state index in [1.807, 2.05) is 0 Å². The molecule has 0 radical (unpaired) electrons. The molecule has 1 unspecified atom stereocenters. The molecule has 0 aromatic heterocycles. The van der Waals surface area contributed by atoms with E-state index in [0.717, 1.165) is 12.8 Å². The topological polar surface area (TPSA) is 50.1 Å². The Hall–Kier alpha value is -1.53. The molecule has 1 saturated carbocycles. The third-order valence-electron chi connectivity index (χ3n) is 2.90. The van der Waals surface area contributed by atoms with Crippen LogP contribution in [0.2, 0.25) is 5.02 Å². The maximum atomic E-state index is 11.9. The molecule has 88 valence electrons. The van der Waals surface area contributed by atoms with Crippen LogP contribution < -0.4 is 4.74 Å². The summed E-state index contributed by atoms with van der Waals surface area (Å²) in [4.78, 5) is 11.9. The van der Waals surface area contributed by atoms with Crippen molar-refractivity contribution in [3.63, 3.8) is 0 Å². The van der Waals surface area contributed by atoms with E-state index in [-0.39, 0.29) is 11.7 Å². The number of methoxy groups -OCH3 is 1. The minimum Gasteiger partial charge on any atom is -0.495 e. The van der Waals surface area contributed by atoms with E-state index in [1.165, 1.54) is 7.11 Å². The molecule has 0 bridgehead atoms. The molecule has 2 rings (SSSR count). The number of ketones is 1. The highest BCUT2D eigenvalue weighted by Crippen LogP contribution is 2.36. The first-order valence-electron chi connectivity index (χ1n) is 5.44. The number of ether oxygens (including phenoxy) is 1. The number of hydrogen-bond acceptors (Lipinski definition) is 3. The van der Waals surface area contributed by atoms with Crippen LogP contribution in [0.25, 0.3) is 0 Å². The van der Waals surface area contributed by atoms with E-state index in [1.54, 1.807) is 18.2 Å². The summed E-state index contributed by atoms with van der Waals surface area (Å²) in [6, 6.07) is 7.09. The van der Waals surface area contributed by atoms with Crippen molar-refractivity contribution in [3.8, 4) is 11.8 Å². The van der Waals surface area contributed by atoms with E-state index < -0.39 is 5.92 Å². The number of nitrogens with zero attached hydrogens (tertiary/aromatic N) is 1. The average Bonchev–Trinajstić information content (AvgIpc) is 3.14. The highest BCUT2D eigenvalue weighted by Gasteiger charge is 2.35. The van der Waals surface area contributed by atoms with Gasteiger partial charge in [0.25, 0.3) is 0 Å². The van der Waals surface area contributed by atoms with Crippen LogP contribution in [-0.2, 0) is 4.79 Å². The van der Waals surface area contributed by atoms with Gasteiger partial charge in [0.05, 0.1) is 18.2 Å². The fourth-order valence-corrected chi connectivity index (χ4v) is 2.03. The summed E-state index contributed by atoms with van der Waals surface area (Å²) >= 11 is 5.98. The second kappa shape index (κ2) is 4.77. The largest absolute Gasteiger partial charge is 0.495 e. The first-order chi connectivity index (χ1) is 8.17. The van der Waals surface area contributed by atoms with Crippen molar-refractivity contribution >= 4 is 17.4 Å². The normalized spacial score (nSPS) is 16.1. The number of Topliss-reactive ketones (excluding diaryl/α,β-unsaturated/α-hetero) is 1. The number of hydrogen-bond donors (Lipinski definition) is 0. The van der Waals surface area contributed by atoms with Crippen molar-refractivity contribution < 1.29 is 9.53 Å². The fraction of sp³-hybridized carbons (Fsp3) is 0.385. The van der Waals surface area contributed by atoms with Crippen molar-refractivity contribution in [2.24, 2.45) is 5.92 Å². The molecule has 1 aromatic carbocycles. The summed E-state index contributed by atoms with van der Waals surface area (Å²) in [5.41, 5.74) is 0.648. The zero-order chi connectivity index (χ0) is 12.4. The van der Waals surface area contributed by atoms with E-state index in [2.05, 4.69) is 6.07 Å². The molecular formula is C13H12ClNO2. The molecule has 0 saturated heterocycles. The molecule has 1 aliphatic rings. The summed E-state index contributed by atoms with van der Waals surface area (Å²) in [5.74, 6) is -0.0776. The highest BCUT2D eigenvalue weighted by atomic mass is 35.5. The Kier molecular flexibility index (Phi) is 3.35. The first-order valence-corrected chi connectivity index (χ1v) is 5.82. The molecule has 1 aliphatic carbocycles. The Labute approximate surface area is 105 Å². The monoisotopic (exact) mass is 249 g/mol. The predicted molar refractivity (Wildman–Crippen MR) is 64.1 cm³/mol. The van der Waals surface area contributed by atoms with Crippen LogP contribution in [0, 0.1) is 17.2 Å². The van der Waals surface area contributed by atoms with Crippen molar-refractivity contribution in [2.75, 3.05) is 7.11 Å². The predicted octanol–water partition coefficient (Wildman–Crippen LogP) is 2.93. The van der Waals surface area contributed by atoms with E-state index in [0.29, 0.717) is 16.3 Å². The maximum Gasteiger partial charge on any atom is 0.157 e. The molecule has 0 spiro atoms. The Bertz CT molecular complexity index is 489. The third kappa shape index (κ3) is 2.42. The maximum absolute atomic E-state index is 11.9. The molecule has 1 atom stereocenters. The van der Waals surface area contributed by atoms with Crippen LogP contribution in [0.5, 0.6) is 5.75 Å². The van der Waals surface area contributed by atoms with Crippen molar-refractivity contribution in [1.82, 2.24) is 0 Å². The van der Waals surface area contributed by atoms with Gasteiger partial charge in [-0.05, 0) is 30.5 Å². The lowest BCUT2D eigenvalue weighted by Gasteiger charge is -2.10. The lowest BCUT2D eigenvalue weighted by molar-refractivity contribution is -0.120. The summed E-state index contributed by atoms with van der Waals surface area (Å²) in [5, 5.41) is 9.52. The Morgan fingerprint density at radius 2 is 2.29 bits per heavy atom. The molecule has 3 nitrogen and oxygen atoms in total. The van der Waals surface area contributed by atoms with Crippen LogP contribution in [0.3, 0.4) is 0 Å². The molecule has 0 amide bonds. The summed E-state index contributed by atoms with van der Waals surface area (Å²) in [7, 11) is 1.53. The number of rotatable bonds is 4. The van der Waals surface area contributed by atoms with E-state index >= 15 is 0 Å². The van der Waals surface area contributed by atoms with Crippen molar-refractivity contribution in [2.45, 2.75) is 18.8 Å². The minimum atomic E-state index is -0.703. The van der Waals surface area contributed by atoms with Crippen LogP contribution in [0.15, 0.2) is 18.2 Å². The van der Waals surface area contributed by atoms with Crippen LogP contribution in [-0.4, -0.2) is 12.9 Å². The van der Waals surface area contributed by atoms with E-state index in [9.17, 15) is 4.79 Å². The van der Waals surface area contributed by atoms with Gasteiger partial charge in [0.15, 0.2) is 5.78 Å². The van der Waals surface area contributed by atoms with Crippen molar-refractivity contribution in [1.29, 1.82) is 5.26 Å². The van der Waals surface area contributed by atoms with Crippen molar-refractivity contribution in [3.05, 3.63) is 28.8 Å². The summed E-state index contributed by atoms with van der Waals surface area (Å²) in [6.07, 6.45) is 1.81. The molecular weight excluding hydrogens is 238 g/mol. The molecule has 0 aliphatic heterocycles. The third-order valence-corrected chi connectivity index (χ3v) is 3.20. The number of nitriles is 1. The number of carbonyl (C=O) groups is 1. The number of carbonyl (C=O) groups excluding carboxylic acids is 1. The van der Waals surface area contributed by atoms with E-state index in [4.69, 9.17) is 21.6 Å². The van der Waals surface area contributed by atoms with Crippen LogP contribution in [0.1, 0.15) is 24.3 Å². The minimum absolute atomic E-state index is 0.00809. The molecule has 0 N–H and O–H groups in total. The highest BCUT2D eigenvalue weighted by molar-refractivity contribution is 6.32. The molecule has 1 fully saturated rings. The van der Waals surface area contributed by atoms with Gasteiger partial charge in [-0.2, -0.15) is 5.26 Å². The lowest BCUT2D eigenvalue weighted by atomic mass is 9.93. The molecule has 17 heavy (non-hydrogen) atoms. The van der Waals surface area contributed by atoms with Gasteiger partial charge in [-0.3, -0.25) is 4.79 Å². The van der Waals surface area contributed by atoms with Gasteiger partial charge < -0.3 is 4.74 Å². The summed E-state index contributed by atoms with van der Waals surface area (Å²) < 4.78 is 5.03. The fourth-order valence-electron chi connectivity index (χ4n) is 1.77. The second-order valence-corrected chi connectivity index (χ2v) is 4.54. The first kappa shape index (κ1) is 11.9. The molecule has 0 heterocycles. The van der Waals surface area contributed by atoms with Gasteiger partial charge in [0.2, 0.25) is 0 Å². The zero-order valence-corrected chi connectivity index (χ0v) is 10.2. The van der Waals surface area contributed by atoms with Gasteiger partial charge in [0, 0.05) is 5.92 Å². The van der Waals surface area contributed by atoms with Gasteiger partial charge >= 0.3 is 0 Å². The van der Waals surface area contributed by atoms with Crippen LogP contribution in [0.4, 0.5) is 0 Å². The van der Waals surface area contributed by atoms with Gasteiger partial charge in [0.1, 0.15) is 11.7 Å².